The van der Waals surface area contributed by atoms with Gasteiger partial charge >= 0.3 is 0 Å². The fraction of sp³-hybridized carbons (Fsp3) is 0. The Hall–Kier alpha value is -3.51. The predicted octanol–water partition coefficient (Wildman–Crippen LogP) is 2.43. The van der Waals surface area contributed by atoms with Gasteiger partial charge in [0.25, 0.3) is 5.69 Å². The molecule has 0 bridgehead atoms. The summed E-state index contributed by atoms with van der Waals surface area (Å²) in [7, 11) is 0. The molecule has 0 saturated carbocycles. The van der Waals surface area contributed by atoms with E-state index in [1.54, 1.807) is 24.3 Å². The zero-order chi connectivity index (χ0) is 17.5. The maximum Gasteiger partial charge on any atom is 0.271 e. The zero-order valence-corrected chi connectivity index (χ0v) is 13.0. The van der Waals surface area contributed by atoms with Crippen LogP contribution in [0.5, 0.6) is 11.5 Å². The number of hydrogen-bond acceptors (Lipinski definition) is 6. The molecule has 0 atom stereocenters. The quantitative estimate of drug-likeness (QED) is 0.370. The van der Waals surface area contributed by atoms with E-state index in [-0.39, 0.29) is 22.1 Å². The molecular formula is C15H11N5O3S. The number of nitrogens with two attached hydrogens (primary N) is 1. The molecule has 0 fully saturated rings. The van der Waals surface area contributed by atoms with Gasteiger partial charge in [0.15, 0.2) is 5.11 Å². The fourth-order valence-electron chi connectivity index (χ4n) is 1.76. The van der Waals surface area contributed by atoms with E-state index in [0.717, 1.165) is 6.07 Å². The summed E-state index contributed by atoms with van der Waals surface area (Å²) in [6.07, 6.45) is 1.49. The molecule has 0 aromatic heterocycles. The summed E-state index contributed by atoms with van der Waals surface area (Å²) >= 11 is 4.63. The summed E-state index contributed by atoms with van der Waals surface area (Å²) in [6, 6.07) is 12.6. The van der Waals surface area contributed by atoms with Crippen molar-refractivity contribution in [3.63, 3.8) is 0 Å². The van der Waals surface area contributed by atoms with Crippen LogP contribution in [0.2, 0.25) is 0 Å². The summed E-state index contributed by atoms with van der Waals surface area (Å²) in [5.41, 5.74) is 8.28. The van der Waals surface area contributed by atoms with Crippen LogP contribution >= 0.6 is 12.2 Å². The number of non-ortho nitro benzene ring substituents is 1. The summed E-state index contributed by atoms with van der Waals surface area (Å²) in [4.78, 5) is 10.2. The van der Waals surface area contributed by atoms with E-state index in [2.05, 4.69) is 22.7 Å². The van der Waals surface area contributed by atoms with E-state index in [1.165, 1.54) is 18.3 Å². The summed E-state index contributed by atoms with van der Waals surface area (Å²) in [5.74, 6) is 0.665. The molecule has 2 rings (SSSR count). The number of nitrogens with one attached hydrogen (secondary N) is 1. The number of nitro benzene ring substituents is 1. The number of rotatable bonds is 5. The number of benzene rings is 2. The van der Waals surface area contributed by atoms with E-state index in [0.29, 0.717) is 11.3 Å². The Morgan fingerprint density at radius 2 is 2.21 bits per heavy atom. The van der Waals surface area contributed by atoms with Crippen LogP contribution in [0.1, 0.15) is 11.1 Å². The van der Waals surface area contributed by atoms with Crippen LogP contribution in [-0.2, 0) is 0 Å². The van der Waals surface area contributed by atoms with Crippen molar-refractivity contribution in [3.05, 3.63) is 63.7 Å². The van der Waals surface area contributed by atoms with Crippen LogP contribution in [0, 0.1) is 21.4 Å². The minimum Gasteiger partial charge on any atom is -0.456 e. The van der Waals surface area contributed by atoms with Gasteiger partial charge < -0.3 is 10.5 Å². The van der Waals surface area contributed by atoms with Crippen molar-refractivity contribution < 1.29 is 9.66 Å². The minimum atomic E-state index is -0.573. The van der Waals surface area contributed by atoms with Gasteiger partial charge in [-0.2, -0.15) is 10.4 Å². The molecule has 0 saturated heterocycles. The van der Waals surface area contributed by atoms with Gasteiger partial charge in [0.05, 0.1) is 11.1 Å². The van der Waals surface area contributed by atoms with E-state index < -0.39 is 4.92 Å². The topological polar surface area (TPSA) is 127 Å². The van der Waals surface area contributed by atoms with Crippen LogP contribution in [0.15, 0.2) is 47.6 Å². The van der Waals surface area contributed by atoms with Gasteiger partial charge in [-0.15, -0.1) is 0 Å². The summed E-state index contributed by atoms with van der Waals surface area (Å²) in [5, 5.41) is 23.7. The van der Waals surface area contributed by atoms with Crippen LogP contribution in [-0.4, -0.2) is 16.3 Å². The molecule has 8 nitrogen and oxygen atoms in total. The highest BCUT2D eigenvalue weighted by Gasteiger charge is 2.12. The van der Waals surface area contributed by atoms with Gasteiger partial charge in [0, 0.05) is 12.1 Å². The molecule has 0 unspecified atom stereocenters. The lowest BCUT2D eigenvalue weighted by molar-refractivity contribution is -0.384. The highest BCUT2D eigenvalue weighted by Crippen LogP contribution is 2.28. The Labute approximate surface area is 142 Å². The van der Waals surface area contributed by atoms with Gasteiger partial charge in [-0.1, -0.05) is 12.1 Å². The molecule has 0 aliphatic heterocycles. The lowest BCUT2D eigenvalue weighted by Gasteiger charge is -2.07. The van der Waals surface area contributed by atoms with Crippen molar-refractivity contribution >= 4 is 29.2 Å². The largest absolute Gasteiger partial charge is 0.456 e. The first-order valence-electron chi connectivity index (χ1n) is 6.54. The van der Waals surface area contributed by atoms with Crippen molar-refractivity contribution in [1.29, 1.82) is 5.26 Å². The third kappa shape index (κ3) is 4.49. The number of thiocarbonyl (C=S) groups is 1. The molecule has 3 N–H and O–H groups in total. The first-order valence-corrected chi connectivity index (χ1v) is 6.95. The van der Waals surface area contributed by atoms with Crippen LogP contribution in [0.3, 0.4) is 0 Å². The Kier molecular flexibility index (Phi) is 5.38. The van der Waals surface area contributed by atoms with Gasteiger partial charge in [0.2, 0.25) is 0 Å². The van der Waals surface area contributed by atoms with Crippen molar-refractivity contribution in [1.82, 2.24) is 5.43 Å². The number of hydrogen-bond donors (Lipinski definition) is 2. The second-order valence-corrected chi connectivity index (χ2v) is 4.90. The Morgan fingerprint density at radius 1 is 1.42 bits per heavy atom. The highest BCUT2D eigenvalue weighted by molar-refractivity contribution is 7.80. The number of nitriles is 1. The molecule has 0 aliphatic carbocycles. The van der Waals surface area contributed by atoms with Gasteiger partial charge in [0.1, 0.15) is 23.1 Å². The van der Waals surface area contributed by atoms with Crippen molar-refractivity contribution in [2.75, 3.05) is 0 Å². The monoisotopic (exact) mass is 341 g/mol. The third-order valence-corrected chi connectivity index (χ3v) is 2.86. The Bertz CT molecular complexity index is 860. The number of nitro groups is 1. The normalized spacial score (nSPS) is 10.1. The number of nitrogens with zero attached hydrogens (tertiary/aromatic N) is 3. The van der Waals surface area contributed by atoms with E-state index in [4.69, 9.17) is 15.7 Å². The molecule has 0 radical (unpaired) electrons. The Morgan fingerprint density at radius 3 is 2.88 bits per heavy atom. The molecular weight excluding hydrogens is 330 g/mol. The number of hydrazone groups is 1. The smallest absolute Gasteiger partial charge is 0.271 e. The summed E-state index contributed by atoms with van der Waals surface area (Å²) in [6.45, 7) is 0. The molecule has 2 aromatic carbocycles. The van der Waals surface area contributed by atoms with Gasteiger partial charge in [-0.3, -0.25) is 15.5 Å². The standard InChI is InChI=1S/C15H11N5O3S/c16-8-11-7-12(20(21)22)4-5-14(11)23-13-3-1-2-10(6-13)9-18-19-15(17)24/h1-7,9H,(H3,17,19,24)/b18-9-. The van der Waals surface area contributed by atoms with E-state index in [9.17, 15) is 10.1 Å². The Balaban J connectivity index is 2.22. The maximum absolute atomic E-state index is 10.7. The molecule has 120 valence electrons. The lowest BCUT2D eigenvalue weighted by Crippen LogP contribution is -2.23. The van der Waals surface area contributed by atoms with Crippen LogP contribution in [0.25, 0.3) is 0 Å². The maximum atomic E-state index is 10.7. The second kappa shape index (κ2) is 7.66. The van der Waals surface area contributed by atoms with E-state index in [1.807, 2.05) is 6.07 Å². The molecule has 0 aliphatic rings. The lowest BCUT2D eigenvalue weighted by atomic mass is 10.2. The fourth-order valence-corrected chi connectivity index (χ4v) is 1.82. The highest BCUT2D eigenvalue weighted by atomic mass is 32.1. The van der Waals surface area contributed by atoms with Crippen molar-refractivity contribution in [2.24, 2.45) is 10.8 Å². The first-order chi connectivity index (χ1) is 11.5. The molecule has 0 heterocycles. The third-order valence-electron chi connectivity index (χ3n) is 2.77. The number of ether oxygens (including phenoxy) is 1. The average Bonchev–Trinajstić information content (AvgIpc) is 2.55. The molecule has 0 amide bonds. The molecule has 24 heavy (non-hydrogen) atoms. The van der Waals surface area contributed by atoms with E-state index >= 15 is 0 Å². The first kappa shape index (κ1) is 16.9. The van der Waals surface area contributed by atoms with Crippen molar-refractivity contribution in [2.45, 2.75) is 0 Å². The SMILES string of the molecule is N#Cc1cc([N+](=O)[O-])ccc1Oc1cccc(/C=N\NC(N)=S)c1. The van der Waals surface area contributed by atoms with Crippen molar-refractivity contribution in [3.8, 4) is 17.6 Å². The van der Waals surface area contributed by atoms with Gasteiger partial charge in [-0.05, 0) is 36.0 Å². The van der Waals surface area contributed by atoms with Gasteiger partial charge in [-0.25, -0.2) is 0 Å². The van der Waals surface area contributed by atoms with Crippen LogP contribution in [0.4, 0.5) is 5.69 Å². The van der Waals surface area contributed by atoms with Crippen LogP contribution < -0.4 is 15.9 Å². The zero-order valence-electron chi connectivity index (χ0n) is 12.2. The minimum absolute atomic E-state index is 0.0446. The molecule has 2 aromatic rings. The molecule has 0 spiro atoms. The predicted molar refractivity (Wildman–Crippen MR) is 91.8 cm³/mol. The second-order valence-electron chi connectivity index (χ2n) is 4.46. The average molecular weight is 341 g/mol. The summed E-state index contributed by atoms with van der Waals surface area (Å²) < 4.78 is 5.63. The molecule has 9 heteroatoms.